The minimum Gasteiger partial charge on any atom is -0.423 e. The van der Waals surface area contributed by atoms with Gasteiger partial charge < -0.3 is 10.0 Å². The Morgan fingerprint density at radius 3 is 2.27 bits per heavy atom. The van der Waals surface area contributed by atoms with Crippen LogP contribution in [0, 0.1) is 12.3 Å². The van der Waals surface area contributed by atoms with Gasteiger partial charge in [0.2, 0.25) is 0 Å². The molecule has 0 unspecified atom stereocenters. The highest BCUT2D eigenvalue weighted by molar-refractivity contribution is 6.59. The van der Waals surface area contributed by atoms with Gasteiger partial charge in [-0.3, -0.25) is 0 Å². The number of hydrogen-bond donors (Lipinski definition) is 2. The standard InChI is InChI=1S/C12H19BO2/c1-9-5-6-11(13(14)15)10(7-9)8-12(2,3)4/h5-7,14-15H,8H2,1-4H3. The third kappa shape index (κ3) is 3.69. The number of benzene rings is 1. The van der Waals surface area contributed by atoms with Crippen molar-refractivity contribution in [2.45, 2.75) is 34.1 Å². The van der Waals surface area contributed by atoms with E-state index >= 15 is 0 Å². The van der Waals surface area contributed by atoms with Gasteiger partial charge in [-0.05, 0) is 29.8 Å². The Hall–Kier alpha value is -0.795. The first-order valence-electron chi connectivity index (χ1n) is 5.25. The van der Waals surface area contributed by atoms with Crippen molar-refractivity contribution in [1.29, 1.82) is 0 Å². The van der Waals surface area contributed by atoms with Crippen LogP contribution in [0.2, 0.25) is 0 Å². The maximum absolute atomic E-state index is 9.25. The van der Waals surface area contributed by atoms with E-state index in [1.165, 1.54) is 0 Å². The summed E-state index contributed by atoms with van der Waals surface area (Å²) in [4.78, 5) is 0. The molecule has 0 aliphatic heterocycles. The third-order valence-electron chi connectivity index (χ3n) is 2.30. The fourth-order valence-electron chi connectivity index (χ4n) is 1.71. The molecular formula is C12H19BO2. The summed E-state index contributed by atoms with van der Waals surface area (Å²) < 4.78 is 0. The molecule has 1 aromatic rings. The van der Waals surface area contributed by atoms with Crippen molar-refractivity contribution < 1.29 is 10.0 Å². The van der Waals surface area contributed by atoms with Gasteiger partial charge in [-0.15, -0.1) is 0 Å². The Labute approximate surface area is 92.1 Å². The molecule has 1 rings (SSSR count). The summed E-state index contributed by atoms with van der Waals surface area (Å²) in [5.41, 5.74) is 2.95. The van der Waals surface area contributed by atoms with Crippen molar-refractivity contribution in [1.82, 2.24) is 0 Å². The first-order chi connectivity index (χ1) is 6.79. The van der Waals surface area contributed by atoms with Crippen LogP contribution in [0.25, 0.3) is 0 Å². The van der Waals surface area contributed by atoms with E-state index in [9.17, 15) is 10.0 Å². The first kappa shape index (κ1) is 12.3. The van der Waals surface area contributed by atoms with Gasteiger partial charge >= 0.3 is 7.12 Å². The van der Waals surface area contributed by atoms with Crippen molar-refractivity contribution in [3.63, 3.8) is 0 Å². The molecule has 0 fully saturated rings. The van der Waals surface area contributed by atoms with Gasteiger partial charge in [0.1, 0.15) is 0 Å². The molecule has 0 saturated carbocycles. The summed E-state index contributed by atoms with van der Waals surface area (Å²) in [7, 11) is -1.37. The summed E-state index contributed by atoms with van der Waals surface area (Å²) >= 11 is 0. The average Bonchev–Trinajstić information content (AvgIpc) is 1.99. The molecule has 2 N–H and O–H groups in total. The van der Waals surface area contributed by atoms with Gasteiger partial charge in [0.15, 0.2) is 0 Å². The Balaban J connectivity index is 3.08. The lowest BCUT2D eigenvalue weighted by molar-refractivity contribution is 0.407. The predicted molar refractivity (Wildman–Crippen MR) is 64.2 cm³/mol. The van der Waals surface area contributed by atoms with Crippen molar-refractivity contribution in [3.05, 3.63) is 29.3 Å². The summed E-state index contributed by atoms with van der Waals surface area (Å²) in [6.45, 7) is 8.44. The molecule has 0 aliphatic rings. The van der Waals surface area contributed by atoms with Crippen LogP contribution in [-0.4, -0.2) is 17.2 Å². The van der Waals surface area contributed by atoms with E-state index in [1.807, 2.05) is 19.1 Å². The van der Waals surface area contributed by atoms with E-state index in [2.05, 4.69) is 20.8 Å². The lowest BCUT2D eigenvalue weighted by atomic mass is 9.73. The van der Waals surface area contributed by atoms with E-state index in [1.54, 1.807) is 6.07 Å². The molecule has 0 spiro atoms. The number of rotatable bonds is 2. The fourth-order valence-corrected chi connectivity index (χ4v) is 1.71. The van der Waals surface area contributed by atoms with Gasteiger partial charge in [-0.25, -0.2) is 0 Å². The lowest BCUT2D eigenvalue weighted by Gasteiger charge is -2.20. The van der Waals surface area contributed by atoms with E-state index in [4.69, 9.17) is 0 Å². The first-order valence-corrected chi connectivity index (χ1v) is 5.25. The summed E-state index contributed by atoms with van der Waals surface area (Å²) in [5, 5.41) is 18.5. The predicted octanol–water partition coefficient (Wildman–Crippen LogP) is 1.26. The van der Waals surface area contributed by atoms with Crippen molar-refractivity contribution >= 4 is 12.6 Å². The third-order valence-corrected chi connectivity index (χ3v) is 2.30. The van der Waals surface area contributed by atoms with Crippen LogP contribution in [0.5, 0.6) is 0 Å². The molecule has 0 atom stereocenters. The topological polar surface area (TPSA) is 40.5 Å². The second-order valence-corrected chi connectivity index (χ2v) is 5.31. The Bertz CT molecular complexity index is 340. The van der Waals surface area contributed by atoms with Crippen LogP contribution < -0.4 is 5.46 Å². The Morgan fingerprint density at radius 2 is 1.80 bits per heavy atom. The molecule has 3 heteroatoms. The van der Waals surface area contributed by atoms with E-state index in [0.29, 0.717) is 5.46 Å². The van der Waals surface area contributed by atoms with Crippen LogP contribution in [0.15, 0.2) is 18.2 Å². The largest absolute Gasteiger partial charge is 0.488 e. The molecular weight excluding hydrogens is 187 g/mol. The highest BCUT2D eigenvalue weighted by Crippen LogP contribution is 2.20. The monoisotopic (exact) mass is 206 g/mol. The smallest absolute Gasteiger partial charge is 0.423 e. The molecule has 0 aliphatic carbocycles. The fraction of sp³-hybridized carbons (Fsp3) is 0.500. The van der Waals surface area contributed by atoms with Crippen molar-refractivity contribution in [3.8, 4) is 0 Å². The van der Waals surface area contributed by atoms with Gasteiger partial charge in [-0.2, -0.15) is 0 Å². The average molecular weight is 206 g/mol. The minimum atomic E-state index is -1.37. The van der Waals surface area contributed by atoms with Gasteiger partial charge in [0, 0.05) is 0 Å². The molecule has 2 nitrogen and oxygen atoms in total. The van der Waals surface area contributed by atoms with Crippen molar-refractivity contribution in [2.75, 3.05) is 0 Å². The van der Waals surface area contributed by atoms with E-state index < -0.39 is 7.12 Å². The normalized spacial score (nSPS) is 11.6. The van der Waals surface area contributed by atoms with Gasteiger partial charge in [0.25, 0.3) is 0 Å². The van der Waals surface area contributed by atoms with Crippen LogP contribution in [0.1, 0.15) is 31.9 Å². The number of aryl methyl sites for hydroxylation is 1. The second-order valence-electron chi connectivity index (χ2n) is 5.31. The zero-order valence-corrected chi connectivity index (χ0v) is 9.91. The maximum Gasteiger partial charge on any atom is 0.488 e. The molecule has 1 aromatic carbocycles. The molecule has 15 heavy (non-hydrogen) atoms. The van der Waals surface area contributed by atoms with Crippen LogP contribution in [0.4, 0.5) is 0 Å². The lowest BCUT2D eigenvalue weighted by Crippen LogP contribution is -2.34. The second kappa shape index (κ2) is 4.37. The zero-order valence-electron chi connectivity index (χ0n) is 9.91. The molecule has 0 saturated heterocycles. The highest BCUT2D eigenvalue weighted by atomic mass is 16.4. The van der Waals surface area contributed by atoms with Crippen LogP contribution in [0.3, 0.4) is 0 Å². The van der Waals surface area contributed by atoms with Gasteiger partial charge in [0.05, 0.1) is 0 Å². The van der Waals surface area contributed by atoms with Crippen LogP contribution >= 0.6 is 0 Å². The number of hydrogen-bond acceptors (Lipinski definition) is 2. The summed E-state index contributed by atoms with van der Waals surface area (Å²) in [5.74, 6) is 0. The SMILES string of the molecule is Cc1ccc(B(O)O)c(CC(C)(C)C)c1. The Kier molecular flexibility index (Phi) is 3.58. The molecule has 82 valence electrons. The van der Waals surface area contributed by atoms with Gasteiger partial charge in [-0.1, -0.05) is 44.5 Å². The molecule has 0 bridgehead atoms. The van der Waals surface area contributed by atoms with Crippen LogP contribution in [-0.2, 0) is 6.42 Å². The molecule has 0 radical (unpaired) electrons. The summed E-state index contributed by atoms with van der Waals surface area (Å²) in [6.07, 6.45) is 0.849. The maximum atomic E-state index is 9.25. The zero-order chi connectivity index (χ0) is 11.6. The van der Waals surface area contributed by atoms with E-state index in [-0.39, 0.29) is 5.41 Å². The minimum absolute atomic E-state index is 0.150. The molecule has 0 aromatic heterocycles. The highest BCUT2D eigenvalue weighted by Gasteiger charge is 2.19. The molecule has 0 amide bonds. The van der Waals surface area contributed by atoms with E-state index in [0.717, 1.165) is 17.5 Å². The Morgan fingerprint density at radius 1 is 1.20 bits per heavy atom. The quantitative estimate of drug-likeness (QED) is 0.715. The van der Waals surface area contributed by atoms with Crippen molar-refractivity contribution in [2.24, 2.45) is 5.41 Å². The molecule has 0 heterocycles. The summed E-state index contributed by atoms with van der Waals surface area (Å²) in [6, 6.07) is 5.72.